The molecule has 3 N–H and O–H groups in total. The van der Waals surface area contributed by atoms with E-state index in [0.717, 1.165) is 18.5 Å². The number of hydrogen-bond donors (Lipinski definition) is 2. The van der Waals surface area contributed by atoms with Crippen LogP contribution in [0.25, 0.3) is 0 Å². The van der Waals surface area contributed by atoms with E-state index in [9.17, 15) is 4.79 Å². The number of ether oxygens (including phenoxy) is 1. The number of nitrogen functional groups attached to an aromatic ring is 1. The molecule has 2 aromatic rings. The molecule has 0 fully saturated rings. The van der Waals surface area contributed by atoms with E-state index in [1.807, 2.05) is 24.3 Å². The number of nitrogens with two attached hydrogens (primary N) is 1. The summed E-state index contributed by atoms with van der Waals surface area (Å²) in [7, 11) is 0. The monoisotopic (exact) mass is 284 g/mol. The Balaban J connectivity index is 1.84. The third-order valence-electron chi connectivity index (χ3n) is 3.00. The smallest absolute Gasteiger partial charge is 0.262 e. The van der Waals surface area contributed by atoms with E-state index in [0.29, 0.717) is 11.4 Å². The molecule has 0 saturated heterocycles. The zero-order valence-corrected chi connectivity index (χ0v) is 12.1. The van der Waals surface area contributed by atoms with Crippen molar-refractivity contribution in [2.75, 3.05) is 17.7 Å². The Bertz CT molecular complexity index is 594. The minimum absolute atomic E-state index is 0.0415. The lowest BCUT2D eigenvalue weighted by Crippen LogP contribution is -2.20. The highest BCUT2D eigenvalue weighted by Crippen LogP contribution is 2.15. The number of carbonyl (C=O) groups is 1. The lowest BCUT2D eigenvalue weighted by atomic mass is 10.1. The number of rotatable bonds is 6. The molecule has 0 aromatic heterocycles. The van der Waals surface area contributed by atoms with Crippen LogP contribution in [-0.2, 0) is 11.2 Å². The van der Waals surface area contributed by atoms with Gasteiger partial charge in [-0.2, -0.15) is 0 Å². The summed E-state index contributed by atoms with van der Waals surface area (Å²) in [5.41, 5.74) is 8.30. The van der Waals surface area contributed by atoms with Gasteiger partial charge in [0.05, 0.1) is 0 Å². The Morgan fingerprint density at radius 3 is 2.62 bits per heavy atom. The van der Waals surface area contributed by atoms with Crippen LogP contribution in [0.3, 0.4) is 0 Å². The molecule has 0 heterocycles. The fourth-order valence-electron chi connectivity index (χ4n) is 1.99. The predicted molar refractivity (Wildman–Crippen MR) is 85.4 cm³/mol. The van der Waals surface area contributed by atoms with Gasteiger partial charge in [-0.05, 0) is 36.2 Å². The molecule has 0 saturated carbocycles. The van der Waals surface area contributed by atoms with Crippen LogP contribution in [-0.4, -0.2) is 12.5 Å². The van der Waals surface area contributed by atoms with Gasteiger partial charge in [-0.15, -0.1) is 0 Å². The maximum absolute atomic E-state index is 11.8. The number of carbonyl (C=O) groups excluding carboxylic acids is 1. The second kappa shape index (κ2) is 7.33. The molecule has 110 valence electrons. The van der Waals surface area contributed by atoms with Crippen molar-refractivity contribution in [2.45, 2.75) is 19.8 Å². The second-order valence-electron chi connectivity index (χ2n) is 4.86. The van der Waals surface area contributed by atoms with Gasteiger partial charge in [-0.25, -0.2) is 0 Å². The van der Waals surface area contributed by atoms with E-state index >= 15 is 0 Å². The maximum atomic E-state index is 11.8. The van der Waals surface area contributed by atoms with Crippen molar-refractivity contribution in [1.82, 2.24) is 0 Å². The summed E-state index contributed by atoms with van der Waals surface area (Å²) in [6, 6.07) is 14.9. The molecule has 0 spiro atoms. The third kappa shape index (κ3) is 4.84. The third-order valence-corrected chi connectivity index (χ3v) is 3.00. The van der Waals surface area contributed by atoms with Crippen molar-refractivity contribution < 1.29 is 9.53 Å². The molecule has 4 heteroatoms. The summed E-state index contributed by atoms with van der Waals surface area (Å²) < 4.78 is 5.39. The number of amides is 1. The van der Waals surface area contributed by atoms with E-state index < -0.39 is 0 Å². The number of hydrogen-bond acceptors (Lipinski definition) is 3. The topological polar surface area (TPSA) is 64.3 Å². The molecule has 1 amide bonds. The molecule has 0 atom stereocenters. The summed E-state index contributed by atoms with van der Waals surface area (Å²) in [6.07, 6.45) is 2.16. The van der Waals surface area contributed by atoms with Crippen LogP contribution in [0, 0.1) is 0 Å². The molecule has 0 aliphatic heterocycles. The van der Waals surface area contributed by atoms with E-state index in [4.69, 9.17) is 10.5 Å². The highest BCUT2D eigenvalue weighted by atomic mass is 16.5. The first kappa shape index (κ1) is 14.9. The normalized spacial score (nSPS) is 10.1. The first-order chi connectivity index (χ1) is 10.2. The Morgan fingerprint density at radius 1 is 1.19 bits per heavy atom. The molecular weight excluding hydrogens is 264 g/mol. The van der Waals surface area contributed by atoms with Gasteiger partial charge in [-0.1, -0.05) is 31.5 Å². The van der Waals surface area contributed by atoms with Crippen LogP contribution >= 0.6 is 0 Å². The molecule has 0 aliphatic rings. The van der Waals surface area contributed by atoms with Gasteiger partial charge in [0.1, 0.15) is 5.75 Å². The standard InChI is InChI=1S/C17H20N2O2/c1-2-4-13-7-9-15(10-8-13)19-17(20)12-21-16-6-3-5-14(18)11-16/h3,5-11H,2,4,12,18H2,1H3,(H,19,20). The van der Waals surface area contributed by atoms with Gasteiger partial charge in [0.15, 0.2) is 6.61 Å². The molecule has 0 radical (unpaired) electrons. The van der Waals surface area contributed by atoms with Gasteiger partial charge in [0.25, 0.3) is 5.91 Å². The molecule has 2 aromatic carbocycles. The van der Waals surface area contributed by atoms with Crippen molar-refractivity contribution in [3.05, 3.63) is 54.1 Å². The highest BCUT2D eigenvalue weighted by Gasteiger charge is 2.04. The quantitative estimate of drug-likeness (QED) is 0.800. The van der Waals surface area contributed by atoms with Crippen molar-refractivity contribution >= 4 is 17.3 Å². The average molecular weight is 284 g/mol. The summed E-state index contributed by atoms with van der Waals surface area (Å²) in [5, 5.41) is 2.80. The van der Waals surface area contributed by atoms with Gasteiger partial charge in [-0.3, -0.25) is 4.79 Å². The summed E-state index contributed by atoms with van der Waals surface area (Å²) in [6.45, 7) is 2.10. The number of nitrogens with one attached hydrogen (secondary N) is 1. The first-order valence-electron chi connectivity index (χ1n) is 7.04. The summed E-state index contributed by atoms with van der Waals surface area (Å²) in [5.74, 6) is 0.393. The number of benzene rings is 2. The second-order valence-corrected chi connectivity index (χ2v) is 4.86. The van der Waals surface area contributed by atoms with Crippen LogP contribution in [0.15, 0.2) is 48.5 Å². The Morgan fingerprint density at radius 2 is 1.95 bits per heavy atom. The van der Waals surface area contributed by atoms with Crippen LogP contribution in [0.5, 0.6) is 5.75 Å². The molecule has 4 nitrogen and oxygen atoms in total. The number of anilines is 2. The van der Waals surface area contributed by atoms with Gasteiger partial charge < -0.3 is 15.8 Å². The molecule has 0 bridgehead atoms. The zero-order chi connectivity index (χ0) is 15.1. The lowest BCUT2D eigenvalue weighted by molar-refractivity contribution is -0.118. The van der Waals surface area contributed by atoms with Gasteiger partial charge >= 0.3 is 0 Å². The Hall–Kier alpha value is -2.49. The van der Waals surface area contributed by atoms with Crippen molar-refractivity contribution in [3.8, 4) is 5.75 Å². The molecule has 2 rings (SSSR count). The minimum Gasteiger partial charge on any atom is -0.484 e. The summed E-state index contributed by atoms with van der Waals surface area (Å²) in [4.78, 5) is 11.8. The van der Waals surface area contributed by atoms with Crippen LogP contribution in [0.1, 0.15) is 18.9 Å². The molecule has 0 aliphatic carbocycles. The van der Waals surface area contributed by atoms with Crippen molar-refractivity contribution in [3.63, 3.8) is 0 Å². The fourth-order valence-corrected chi connectivity index (χ4v) is 1.99. The van der Waals surface area contributed by atoms with Crippen molar-refractivity contribution in [2.24, 2.45) is 0 Å². The van der Waals surface area contributed by atoms with Gasteiger partial charge in [0, 0.05) is 17.4 Å². The maximum Gasteiger partial charge on any atom is 0.262 e. The van der Waals surface area contributed by atoms with E-state index in [-0.39, 0.29) is 12.5 Å². The largest absolute Gasteiger partial charge is 0.484 e. The Labute approximate surface area is 124 Å². The molecule has 21 heavy (non-hydrogen) atoms. The SMILES string of the molecule is CCCc1ccc(NC(=O)COc2cccc(N)c2)cc1. The van der Waals surface area contributed by atoms with Crippen LogP contribution in [0.4, 0.5) is 11.4 Å². The van der Waals surface area contributed by atoms with Crippen LogP contribution < -0.4 is 15.8 Å². The first-order valence-corrected chi connectivity index (χ1v) is 7.04. The van der Waals surface area contributed by atoms with E-state index in [1.54, 1.807) is 24.3 Å². The average Bonchev–Trinajstić information content (AvgIpc) is 2.48. The zero-order valence-electron chi connectivity index (χ0n) is 12.1. The summed E-state index contributed by atoms with van der Waals surface area (Å²) >= 11 is 0. The fraction of sp³-hybridized carbons (Fsp3) is 0.235. The Kier molecular flexibility index (Phi) is 5.21. The predicted octanol–water partition coefficient (Wildman–Crippen LogP) is 3.24. The minimum atomic E-state index is -0.194. The number of aryl methyl sites for hydroxylation is 1. The van der Waals surface area contributed by atoms with Crippen molar-refractivity contribution in [1.29, 1.82) is 0 Å². The highest BCUT2D eigenvalue weighted by molar-refractivity contribution is 5.91. The van der Waals surface area contributed by atoms with E-state index in [2.05, 4.69) is 12.2 Å². The molecular formula is C17H20N2O2. The van der Waals surface area contributed by atoms with Gasteiger partial charge in [0.2, 0.25) is 0 Å². The lowest BCUT2D eigenvalue weighted by Gasteiger charge is -2.08. The van der Waals surface area contributed by atoms with E-state index in [1.165, 1.54) is 5.56 Å². The van der Waals surface area contributed by atoms with Crippen LogP contribution in [0.2, 0.25) is 0 Å². The molecule has 0 unspecified atom stereocenters.